The Balaban J connectivity index is 2.14. The summed E-state index contributed by atoms with van der Waals surface area (Å²) < 4.78 is 13.6. The van der Waals surface area contributed by atoms with E-state index < -0.39 is 33.1 Å². The molecular formula is C38H48NO4PS2Si. The molecule has 1 saturated heterocycles. The molecule has 9 heteroatoms. The normalized spacial score (nSPS) is 18.1. The highest BCUT2D eigenvalue weighted by atomic mass is 32.2. The highest BCUT2D eigenvalue weighted by Gasteiger charge is 2.58. The molecule has 1 fully saturated rings. The molecule has 0 aliphatic carbocycles. The molecule has 1 aliphatic heterocycles. The number of thiocarbonyl (C=S) groups is 1. The van der Waals surface area contributed by atoms with Gasteiger partial charge in [-0.15, -0.1) is 11.8 Å². The molecular weight excluding hydrogens is 658 g/mol. The van der Waals surface area contributed by atoms with Crippen LogP contribution in [0.2, 0.25) is 18.1 Å². The summed E-state index contributed by atoms with van der Waals surface area (Å²) in [5.41, 5.74) is 0.351. The third-order valence-corrected chi connectivity index (χ3v) is 20.0. The van der Waals surface area contributed by atoms with E-state index in [0.29, 0.717) is 5.42 Å². The van der Waals surface area contributed by atoms with E-state index in [9.17, 15) is 9.59 Å². The molecule has 1 heterocycles. The molecule has 1 aliphatic rings. The molecule has 0 bridgehead atoms. The van der Waals surface area contributed by atoms with Crippen LogP contribution in [0.1, 0.15) is 34.6 Å². The second-order valence-electron chi connectivity index (χ2n) is 13.5. The van der Waals surface area contributed by atoms with E-state index in [1.165, 1.54) is 11.8 Å². The van der Waals surface area contributed by atoms with Crippen molar-refractivity contribution in [2.75, 3.05) is 12.9 Å². The van der Waals surface area contributed by atoms with Gasteiger partial charge in [0.1, 0.15) is 12.0 Å². The van der Waals surface area contributed by atoms with Crippen LogP contribution in [0.4, 0.5) is 0 Å². The van der Waals surface area contributed by atoms with Crippen molar-refractivity contribution in [1.82, 2.24) is 4.90 Å². The van der Waals surface area contributed by atoms with Crippen molar-refractivity contribution >= 4 is 76.6 Å². The zero-order valence-electron chi connectivity index (χ0n) is 28.8. The van der Waals surface area contributed by atoms with Gasteiger partial charge >= 0.3 is 5.97 Å². The first kappa shape index (κ1) is 37.1. The Kier molecular flexibility index (Phi) is 12.0. The van der Waals surface area contributed by atoms with Gasteiger partial charge in [0.25, 0.3) is 0 Å². The van der Waals surface area contributed by atoms with Crippen molar-refractivity contribution in [3.05, 3.63) is 104 Å². The summed E-state index contributed by atoms with van der Waals surface area (Å²) in [7, 11) is -2.24. The molecule has 0 radical (unpaired) electrons. The molecule has 0 saturated carbocycles. The van der Waals surface area contributed by atoms with Gasteiger partial charge in [-0.3, -0.25) is 4.79 Å². The minimum Gasteiger partial charge on any atom is -0.457 e. The van der Waals surface area contributed by atoms with Gasteiger partial charge in [0.15, 0.2) is 8.32 Å². The van der Waals surface area contributed by atoms with Gasteiger partial charge in [0.2, 0.25) is 5.91 Å². The zero-order chi connectivity index (χ0) is 34.6. The Labute approximate surface area is 292 Å². The number of thioether (sulfide) groups is 1. The summed E-state index contributed by atoms with van der Waals surface area (Å²) in [6.45, 7) is 15.9. The molecule has 47 heavy (non-hydrogen) atoms. The maximum atomic E-state index is 14.9. The molecule has 4 atom stereocenters. The number of hydrogen-bond acceptors (Lipinski definition) is 6. The van der Waals surface area contributed by atoms with E-state index in [2.05, 4.69) is 83.8 Å². The minimum absolute atomic E-state index is 0.0144. The molecule has 0 N–H and O–H groups in total. The summed E-state index contributed by atoms with van der Waals surface area (Å²) in [4.78, 5) is 31.4. The number of esters is 1. The topological polar surface area (TPSA) is 55.8 Å². The summed E-state index contributed by atoms with van der Waals surface area (Å²) in [5, 5.41) is 2.81. The number of nitrogens with zero attached hydrogens (tertiary/aromatic N) is 1. The second-order valence-corrected chi connectivity index (χ2v) is 23.1. The fourth-order valence-electron chi connectivity index (χ4n) is 6.20. The first-order valence-electron chi connectivity index (χ1n) is 16.0. The Hall–Kier alpha value is -2.74. The van der Waals surface area contributed by atoms with Crippen molar-refractivity contribution in [2.24, 2.45) is 11.8 Å². The average molecular weight is 706 g/mol. The summed E-state index contributed by atoms with van der Waals surface area (Å²) >= 11 is 7.42. The molecule has 3 aromatic rings. The van der Waals surface area contributed by atoms with E-state index in [0.717, 1.165) is 20.1 Å². The highest BCUT2D eigenvalue weighted by molar-refractivity contribution is 8.22. The van der Waals surface area contributed by atoms with Crippen molar-refractivity contribution in [3.8, 4) is 0 Å². The minimum atomic E-state index is -3.03. The lowest BCUT2D eigenvalue weighted by Gasteiger charge is -2.54. The maximum absolute atomic E-state index is 14.9. The number of benzene rings is 3. The monoisotopic (exact) mass is 705 g/mol. The number of likely N-dealkylation sites (tertiary alicyclic amines) is 1. The Morgan fingerprint density at radius 1 is 0.957 bits per heavy atom. The Bertz CT molecular complexity index is 1540. The summed E-state index contributed by atoms with van der Waals surface area (Å²) in [5.74, 6) is -1.38. The van der Waals surface area contributed by atoms with E-state index in [1.54, 1.807) is 11.0 Å². The maximum Gasteiger partial charge on any atom is 0.356 e. The first-order valence-corrected chi connectivity index (χ1v) is 22.4. The number of ether oxygens (including phenoxy) is 1. The van der Waals surface area contributed by atoms with Crippen molar-refractivity contribution in [1.29, 1.82) is 0 Å². The van der Waals surface area contributed by atoms with Gasteiger partial charge in [-0.25, -0.2) is 4.79 Å². The largest absolute Gasteiger partial charge is 0.457 e. The van der Waals surface area contributed by atoms with E-state index in [-0.39, 0.29) is 29.6 Å². The second kappa shape index (κ2) is 15.2. The number of carbonyl (C=O) groups excluding carboxylic acids is 2. The van der Waals surface area contributed by atoms with Crippen molar-refractivity contribution in [3.63, 3.8) is 0 Å². The lowest BCUT2D eigenvalue weighted by molar-refractivity contribution is -0.158. The van der Waals surface area contributed by atoms with Crippen LogP contribution >= 0.6 is 30.9 Å². The standard InChI is InChI=1S/C38H48NO4PS2Si/c1-10-26-42-36(41)35(39-33(27(2)37(45)46-7)32(34(39)40)28(3)43-47(8,9)38(4,5)6)44(29-20-14-11-15-21-29,30-22-16-12-17-23-30)31-24-18-13-19-25-31/h10-25,27-28,32-33H,1,26H2,2-9H3/t27-,28-,32-,33-/m1/s1. The van der Waals surface area contributed by atoms with Crippen molar-refractivity contribution in [2.45, 2.75) is 64.9 Å². The lowest BCUT2D eigenvalue weighted by atomic mass is 9.77. The molecule has 1 amide bonds. The van der Waals surface area contributed by atoms with E-state index in [1.807, 2.05) is 67.8 Å². The third-order valence-electron chi connectivity index (χ3n) is 9.56. The van der Waals surface area contributed by atoms with Gasteiger partial charge in [-0.2, -0.15) is 0 Å². The predicted molar refractivity (Wildman–Crippen MR) is 208 cm³/mol. The molecule has 0 aromatic heterocycles. The molecule has 3 aromatic carbocycles. The molecule has 4 rings (SSSR count). The average Bonchev–Trinajstić information content (AvgIpc) is 3.05. The number of β-lactam (4-membered cyclic amide) rings is 1. The highest BCUT2D eigenvalue weighted by Crippen LogP contribution is 2.51. The number of rotatable bonds is 12. The number of amides is 1. The molecule has 250 valence electrons. The van der Waals surface area contributed by atoms with E-state index in [4.69, 9.17) is 21.4 Å². The summed E-state index contributed by atoms with van der Waals surface area (Å²) in [6, 6.07) is 29.8. The van der Waals surface area contributed by atoms with Gasteiger partial charge < -0.3 is 14.1 Å². The predicted octanol–water partition coefficient (Wildman–Crippen LogP) is 7.40. The molecule has 5 nitrogen and oxygen atoms in total. The van der Waals surface area contributed by atoms with Crippen LogP contribution in [0, 0.1) is 11.8 Å². The Morgan fingerprint density at radius 3 is 1.79 bits per heavy atom. The van der Waals surface area contributed by atoms with Crippen LogP contribution in [0.25, 0.3) is 0 Å². The van der Waals surface area contributed by atoms with Crippen LogP contribution in [-0.2, 0) is 18.8 Å². The lowest BCUT2D eigenvalue weighted by Crippen LogP contribution is -2.71. The van der Waals surface area contributed by atoms with Gasteiger partial charge in [0.05, 0.1) is 22.3 Å². The number of hydrogen-bond donors (Lipinski definition) is 0. The Morgan fingerprint density at radius 2 is 1.40 bits per heavy atom. The van der Waals surface area contributed by atoms with Crippen LogP contribution in [0.15, 0.2) is 104 Å². The van der Waals surface area contributed by atoms with Gasteiger partial charge in [-0.05, 0) is 47.2 Å². The van der Waals surface area contributed by atoms with Crippen molar-refractivity contribution < 1.29 is 18.8 Å². The smallest absolute Gasteiger partial charge is 0.356 e. The third kappa shape index (κ3) is 7.18. The van der Waals surface area contributed by atoms with Crippen LogP contribution in [0.5, 0.6) is 0 Å². The fraction of sp³-hybridized carbons (Fsp3) is 0.368. The first-order chi connectivity index (χ1) is 22.2. The van der Waals surface area contributed by atoms with Crippen LogP contribution in [-0.4, -0.2) is 59.7 Å². The summed E-state index contributed by atoms with van der Waals surface area (Å²) in [6.07, 6.45) is 3.15. The quantitative estimate of drug-likeness (QED) is 0.0489. The van der Waals surface area contributed by atoms with Gasteiger partial charge in [0, 0.05) is 12.8 Å². The van der Waals surface area contributed by atoms with Crippen LogP contribution in [0.3, 0.4) is 0 Å². The van der Waals surface area contributed by atoms with E-state index >= 15 is 0 Å². The molecule has 0 unspecified atom stereocenters. The molecule has 0 spiro atoms. The SMILES string of the molecule is C=CCOC(=O)C(N1C(=O)[C@H]([C@@H](C)O[Si](C)(C)C(C)(C)C)[C@H]1[C@@H](C)C(=S)SC)=P(c1ccccc1)(c1ccccc1)c1ccccc1. The number of carbonyl (C=O) groups is 2. The van der Waals surface area contributed by atoms with Gasteiger partial charge in [-0.1, -0.05) is 144 Å². The van der Waals surface area contributed by atoms with Crippen LogP contribution < -0.4 is 15.9 Å². The fourth-order valence-corrected chi connectivity index (χ4v) is 12.7. The zero-order valence-corrected chi connectivity index (χ0v) is 32.3.